The van der Waals surface area contributed by atoms with Gasteiger partial charge in [-0.1, -0.05) is 23.7 Å². The number of nitrogens with two attached hydrogens (primary N) is 1. The Labute approximate surface area is 97.4 Å². The maximum Gasteiger partial charge on any atom is 0.294 e. The number of anilines is 1. The molecule has 0 heterocycles. The van der Waals surface area contributed by atoms with Crippen molar-refractivity contribution in [2.24, 2.45) is 0 Å². The number of halogens is 1. The third kappa shape index (κ3) is 1.84. The van der Waals surface area contributed by atoms with Crippen LogP contribution in [0.3, 0.4) is 0 Å². The predicted octanol–water partition coefficient (Wildman–Crippen LogP) is 2.32. The van der Waals surface area contributed by atoms with Crippen LogP contribution in [-0.2, 0) is 10.1 Å². The van der Waals surface area contributed by atoms with Crippen LogP contribution >= 0.6 is 11.6 Å². The summed E-state index contributed by atoms with van der Waals surface area (Å²) in [5.74, 6) is 0. The fourth-order valence-electron chi connectivity index (χ4n) is 1.46. The van der Waals surface area contributed by atoms with Gasteiger partial charge in [0.25, 0.3) is 10.1 Å². The maximum atomic E-state index is 11.0. The zero-order valence-corrected chi connectivity index (χ0v) is 9.59. The largest absolute Gasteiger partial charge is 0.397 e. The highest BCUT2D eigenvalue weighted by Gasteiger charge is 2.11. The highest BCUT2D eigenvalue weighted by Crippen LogP contribution is 2.30. The fourth-order valence-corrected chi connectivity index (χ4v) is 2.13. The fraction of sp³-hybridized carbons (Fsp3) is 0. The summed E-state index contributed by atoms with van der Waals surface area (Å²) in [4.78, 5) is -0.200. The standard InChI is InChI=1S/C10H8ClNO3S/c11-9-4-2-6-1-3-7(16(13,14)15)5-8(6)10(9)12/h1-5H,12H2,(H,13,14,15). The molecular weight excluding hydrogens is 250 g/mol. The lowest BCUT2D eigenvalue weighted by molar-refractivity contribution is 0.483. The molecule has 0 aromatic heterocycles. The van der Waals surface area contributed by atoms with Gasteiger partial charge in [0, 0.05) is 5.39 Å². The van der Waals surface area contributed by atoms with Crippen LogP contribution in [0.2, 0.25) is 5.02 Å². The first-order chi connectivity index (χ1) is 7.39. The number of nitrogen functional groups attached to an aromatic ring is 1. The Morgan fingerprint density at radius 3 is 2.44 bits per heavy atom. The summed E-state index contributed by atoms with van der Waals surface area (Å²) in [7, 11) is -4.22. The van der Waals surface area contributed by atoms with Gasteiger partial charge in [-0.2, -0.15) is 8.42 Å². The maximum absolute atomic E-state index is 11.0. The normalized spacial score (nSPS) is 11.9. The lowest BCUT2D eigenvalue weighted by atomic mass is 10.1. The van der Waals surface area contributed by atoms with Gasteiger partial charge in [-0.15, -0.1) is 0 Å². The van der Waals surface area contributed by atoms with E-state index in [1.54, 1.807) is 18.2 Å². The minimum absolute atomic E-state index is 0.200. The lowest BCUT2D eigenvalue weighted by Crippen LogP contribution is -1.98. The summed E-state index contributed by atoms with van der Waals surface area (Å²) in [5, 5.41) is 1.61. The highest BCUT2D eigenvalue weighted by atomic mass is 35.5. The average molecular weight is 258 g/mol. The minimum Gasteiger partial charge on any atom is -0.397 e. The zero-order valence-electron chi connectivity index (χ0n) is 8.01. The molecule has 4 nitrogen and oxygen atoms in total. The molecule has 0 bridgehead atoms. The minimum atomic E-state index is -4.22. The lowest BCUT2D eigenvalue weighted by Gasteiger charge is -2.05. The Kier molecular flexibility index (Phi) is 2.53. The van der Waals surface area contributed by atoms with Gasteiger partial charge in [-0.3, -0.25) is 4.55 Å². The van der Waals surface area contributed by atoms with E-state index in [0.29, 0.717) is 16.1 Å². The van der Waals surface area contributed by atoms with Gasteiger partial charge >= 0.3 is 0 Å². The van der Waals surface area contributed by atoms with E-state index < -0.39 is 10.1 Å². The van der Waals surface area contributed by atoms with E-state index in [1.165, 1.54) is 12.1 Å². The van der Waals surface area contributed by atoms with Crippen molar-refractivity contribution in [2.45, 2.75) is 4.90 Å². The summed E-state index contributed by atoms with van der Waals surface area (Å²) >= 11 is 5.82. The molecule has 0 aliphatic heterocycles. The second kappa shape index (κ2) is 3.62. The van der Waals surface area contributed by atoms with Crippen LogP contribution in [0.5, 0.6) is 0 Å². The predicted molar refractivity (Wildman–Crippen MR) is 63.2 cm³/mol. The first-order valence-electron chi connectivity index (χ1n) is 4.35. The van der Waals surface area contributed by atoms with Gasteiger partial charge in [0.05, 0.1) is 15.6 Å². The molecule has 0 radical (unpaired) electrons. The summed E-state index contributed by atoms with van der Waals surface area (Å²) in [5.41, 5.74) is 6.02. The summed E-state index contributed by atoms with van der Waals surface area (Å²) in [6.07, 6.45) is 0. The van der Waals surface area contributed by atoms with Crippen LogP contribution in [-0.4, -0.2) is 13.0 Å². The number of rotatable bonds is 1. The molecule has 0 amide bonds. The third-order valence-electron chi connectivity index (χ3n) is 2.28. The molecule has 0 unspecified atom stereocenters. The van der Waals surface area contributed by atoms with Crippen LogP contribution in [0.4, 0.5) is 5.69 Å². The highest BCUT2D eigenvalue weighted by molar-refractivity contribution is 7.85. The second-order valence-corrected chi connectivity index (χ2v) is 5.15. The van der Waals surface area contributed by atoms with Crippen LogP contribution in [0.1, 0.15) is 0 Å². The molecule has 2 aromatic rings. The van der Waals surface area contributed by atoms with Crippen molar-refractivity contribution in [2.75, 3.05) is 5.73 Å². The van der Waals surface area contributed by atoms with E-state index in [0.717, 1.165) is 5.39 Å². The van der Waals surface area contributed by atoms with Gasteiger partial charge in [-0.05, 0) is 23.6 Å². The number of benzene rings is 2. The molecule has 2 aromatic carbocycles. The average Bonchev–Trinajstić information content (AvgIpc) is 2.22. The second-order valence-electron chi connectivity index (χ2n) is 3.32. The summed E-state index contributed by atoms with van der Waals surface area (Å²) in [6, 6.07) is 7.52. The molecule has 0 atom stereocenters. The Hall–Kier alpha value is -1.30. The third-order valence-corrected chi connectivity index (χ3v) is 3.46. The number of hydrogen-bond acceptors (Lipinski definition) is 3. The van der Waals surface area contributed by atoms with Crippen molar-refractivity contribution in [1.29, 1.82) is 0 Å². The van der Waals surface area contributed by atoms with E-state index >= 15 is 0 Å². The molecule has 0 fully saturated rings. The first kappa shape index (κ1) is 11.2. The Balaban J connectivity index is 2.84. The molecule has 16 heavy (non-hydrogen) atoms. The topological polar surface area (TPSA) is 80.4 Å². The van der Waals surface area contributed by atoms with Crippen LogP contribution in [0.25, 0.3) is 10.8 Å². The van der Waals surface area contributed by atoms with Crippen molar-refractivity contribution >= 4 is 38.2 Å². The van der Waals surface area contributed by atoms with Crippen molar-refractivity contribution in [3.05, 3.63) is 35.4 Å². The molecule has 3 N–H and O–H groups in total. The number of hydrogen-bond donors (Lipinski definition) is 2. The Morgan fingerprint density at radius 2 is 1.81 bits per heavy atom. The SMILES string of the molecule is Nc1c(Cl)ccc2ccc(S(=O)(=O)O)cc12. The Bertz CT molecular complexity index is 667. The summed E-state index contributed by atoms with van der Waals surface area (Å²) < 4.78 is 30.8. The molecule has 2 rings (SSSR count). The van der Waals surface area contributed by atoms with Crippen LogP contribution < -0.4 is 5.73 Å². The molecule has 0 aliphatic carbocycles. The quantitative estimate of drug-likeness (QED) is 0.607. The van der Waals surface area contributed by atoms with Gasteiger partial charge in [-0.25, -0.2) is 0 Å². The molecule has 0 saturated heterocycles. The van der Waals surface area contributed by atoms with Crippen molar-refractivity contribution < 1.29 is 13.0 Å². The number of fused-ring (bicyclic) bond motifs is 1. The van der Waals surface area contributed by atoms with Crippen molar-refractivity contribution in [3.8, 4) is 0 Å². The van der Waals surface area contributed by atoms with E-state index in [9.17, 15) is 8.42 Å². The Morgan fingerprint density at radius 1 is 1.19 bits per heavy atom. The van der Waals surface area contributed by atoms with Gasteiger partial charge in [0.2, 0.25) is 0 Å². The van der Waals surface area contributed by atoms with Crippen molar-refractivity contribution in [3.63, 3.8) is 0 Å². The molecule has 84 valence electrons. The van der Waals surface area contributed by atoms with Gasteiger partial charge in [0.1, 0.15) is 0 Å². The molecule has 0 aliphatic rings. The zero-order chi connectivity index (χ0) is 11.9. The van der Waals surface area contributed by atoms with Gasteiger partial charge < -0.3 is 5.73 Å². The van der Waals surface area contributed by atoms with E-state index in [-0.39, 0.29) is 4.90 Å². The van der Waals surface area contributed by atoms with E-state index in [2.05, 4.69) is 0 Å². The van der Waals surface area contributed by atoms with E-state index in [4.69, 9.17) is 21.9 Å². The van der Waals surface area contributed by atoms with Gasteiger partial charge in [0.15, 0.2) is 0 Å². The first-order valence-corrected chi connectivity index (χ1v) is 6.16. The molecule has 0 saturated carbocycles. The smallest absolute Gasteiger partial charge is 0.294 e. The van der Waals surface area contributed by atoms with Crippen LogP contribution in [0, 0.1) is 0 Å². The molecular formula is C10H8ClNO3S. The molecule has 0 spiro atoms. The van der Waals surface area contributed by atoms with E-state index in [1.807, 2.05) is 0 Å². The van der Waals surface area contributed by atoms with Crippen molar-refractivity contribution in [1.82, 2.24) is 0 Å². The molecule has 6 heteroatoms. The van der Waals surface area contributed by atoms with Crippen LogP contribution in [0.15, 0.2) is 35.2 Å². The monoisotopic (exact) mass is 257 g/mol. The summed E-state index contributed by atoms with van der Waals surface area (Å²) in [6.45, 7) is 0.